The fourth-order valence-electron chi connectivity index (χ4n) is 2.62. The van der Waals surface area contributed by atoms with E-state index in [2.05, 4.69) is 11.9 Å². The van der Waals surface area contributed by atoms with Gasteiger partial charge in [0, 0.05) is 13.0 Å². The van der Waals surface area contributed by atoms with E-state index in [4.69, 9.17) is 0 Å². The molecule has 21 heavy (non-hydrogen) atoms. The van der Waals surface area contributed by atoms with Crippen LogP contribution in [0.5, 0.6) is 0 Å². The van der Waals surface area contributed by atoms with Crippen molar-refractivity contribution in [1.29, 1.82) is 0 Å². The molecule has 1 aromatic carbocycles. The molecule has 0 atom stereocenters. The molecule has 0 aliphatic carbocycles. The standard InChI is InChI=1S/C16H24N2O2S/c1-3-5-6-9-12-18-16(4-2)17-13-14-10-7-8-11-15(14)21(18,19)20/h7-8,10-11H,3-6,9,12-13H2,1-2H3. The summed E-state index contributed by atoms with van der Waals surface area (Å²) in [5.41, 5.74) is 0.791. The van der Waals surface area contributed by atoms with Crippen molar-refractivity contribution in [3.63, 3.8) is 0 Å². The van der Waals surface area contributed by atoms with Gasteiger partial charge in [-0.2, -0.15) is 0 Å². The number of sulfonamides is 1. The maximum absolute atomic E-state index is 12.9. The molecule has 0 spiro atoms. The minimum absolute atomic E-state index is 0.410. The number of amidine groups is 1. The Morgan fingerprint density at radius 1 is 1.14 bits per heavy atom. The summed E-state index contributed by atoms with van der Waals surface area (Å²) in [7, 11) is -3.47. The van der Waals surface area contributed by atoms with Gasteiger partial charge in [0.15, 0.2) is 0 Å². The van der Waals surface area contributed by atoms with E-state index in [-0.39, 0.29) is 0 Å². The molecular formula is C16H24N2O2S. The van der Waals surface area contributed by atoms with E-state index in [0.29, 0.717) is 30.2 Å². The number of fused-ring (bicyclic) bond motifs is 1. The normalized spacial score (nSPS) is 17.0. The van der Waals surface area contributed by atoms with Crippen LogP contribution in [0.1, 0.15) is 51.5 Å². The lowest BCUT2D eigenvalue weighted by molar-refractivity contribution is 0.497. The summed E-state index contributed by atoms with van der Waals surface area (Å²) in [5, 5.41) is 0. The Labute approximate surface area is 127 Å². The first kappa shape index (κ1) is 16.0. The molecule has 4 nitrogen and oxygen atoms in total. The Balaban J connectivity index is 2.31. The van der Waals surface area contributed by atoms with Crippen LogP contribution < -0.4 is 0 Å². The number of rotatable bonds is 6. The molecule has 1 aromatic rings. The third-order valence-corrected chi connectivity index (χ3v) is 5.72. The van der Waals surface area contributed by atoms with Gasteiger partial charge in [0.1, 0.15) is 5.84 Å². The second-order valence-electron chi connectivity index (χ2n) is 5.33. The predicted octanol–water partition coefficient (Wildman–Crippen LogP) is 3.58. The summed E-state index contributed by atoms with van der Waals surface area (Å²) >= 11 is 0. The van der Waals surface area contributed by atoms with Gasteiger partial charge < -0.3 is 0 Å². The summed E-state index contributed by atoms with van der Waals surface area (Å²) in [6.07, 6.45) is 4.86. The number of hydrogen-bond donors (Lipinski definition) is 0. The second kappa shape index (κ2) is 7.07. The first-order valence-corrected chi connectivity index (χ1v) is 9.19. The van der Waals surface area contributed by atoms with Crippen LogP contribution in [0, 0.1) is 0 Å². The highest BCUT2D eigenvalue weighted by Crippen LogP contribution is 2.26. The molecule has 2 rings (SSSR count). The summed E-state index contributed by atoms with van der Waals surface area (Å²) in [6, 6.07) is 7.19. The number of hydrogen-bond acceptors (Lipinski definition) is 3. The third kappa shape index (κ3) is 3.46. The van der Waals surface area contributed by atoms with Crippen molar-refractivity contribution in [1.82, 2.24) is 4.31 Å². The molecule has 1 aliphatic rings. The van der Waals surface area contributed by atoms with Gasteiger partial charge in [0.25, 0.3) is 10.0 Å². The zero-order valence-corrected chi connectivity index (χ0v) is 13.7. The SMILES string of the molecule is CCCCCCN1C(CC)=NCc2ccccc2S1(=O)=O. The number of aliphatic imine (C=N–C) groups is 1. The van der Waals surface area contributed by atoms with Crippen molar-refractivity contribution in [3.8, 4) is 0 Å². The van der Waals surface area contributed by atoms with E-state index >= 15 is 0 Å². The first-order valence-electron chi connectivity index (χ1n) is 7.75. The molecule has 1 heterocycles. The number of unbranched alkanes of at least 4 members (excludes halogenated alkanes) is 3. The van der Waals surface area contributed by atoms with Crippen LogP contribution in [0.4, 0.5) is 0 Å². The molecule has 5 heteroatoms. The summed E-state index contributed by atoms with van der Waals surface area (Å²) in [4.78, 5) is 4.93. The predicted molar refractivity (Wildman–Crippen MR) is 85.9 cm³/mol. The minimum atomic E-state index is -3.47. The van der Waals surface area contributed by atoms with E-state index in [1.54, 1.807) is 12.1 Å². The molecule has 0 amide bonds. The van der Waals surface area contributed by atoms with E-state index < -0.39 is 10.0 Å². The summed E-state index contributed by atoms with van der Waals surface area (Å²) in [6.45, 7) is 5.09. The van der Waals surface area contributed by atoms with Crippen LogP contribution in [0.2, 0.25) is 0 Å². The zero-order valence-electron chi connectivity index (χ0n) is 12.9. The molecule has 0 N–H and O–H groups in total. The Morgan fingerprint density at radius 2 is 1.90 bits per heavy atom. The van der Waals surface area contributed by atoms with Crippen LogP contribution >= 0.6 is 0 Å². The van der Waals surface area contributed by atoms with Crippen molar-refractivity contribution >= 4 is 15.9 Å². The van der Waals surface area contributed by atoms with Crippen molar-refractivity contribution < 1.29 is 8.42 Å². The van der Waals surface area contributed by atoms with Gasteiger partial charge in [-0.1, -0.05) is 51.3 Å². The van der Waals surface area contributed by atoms with Crippen LogP contribution in [0.3, 0.4) is 0 Å². The van der Waals surface area contributed by atoms with E-state index in [9.17, 15) is 8.42 Å². The quantitative estimate of drug-likeness (QED) is 0.754. The van der Waals surface area contributed by atoms with Crippen molar-refractivity contribution in [2.24, 2.45) is 4.99 Å². The lowest BCUT2D eigenvalue weighted by Gasteiger charge is -2.24. The Morgan fingerprint density at radius 3 is 2.62 bits per heavy atom. The topological polar surface area (TPSA) is 49.7 Å². The molecule has 1 aliphatic heterocycles. The summed E-state index contributed by atoms with van der Waals surface area (Å²) < 4.78 is 27.3. The average molecular weight is 308 g/mol. The third-order valence-electron chi connectivity index (χ3n) is 3.79. The zero-order chi connectivity index (χ0) is 15.3. The van der Waals surface area contributed by atoms with Crippen LogP contribution in [0.25, 0.3) is 0 Å². The lowest BCUT2D eigenvalue weighted by atomic mass is 10.2. The fraction of sp³-hybridized carbons (Fsp3) is 0.562. The van der Waals surface area contributed by atoms with Crippen molar-refractivity contribution in [2.45, 2.75) is 57.4 Å². The number of nitrogens with zero attached hydrogens (tertiary/aromatic N) is 2. The van der Waals surface area contributed by atoms with Gasteiger partial charge in [0.05, 0.1) is 11.4 Å². The minimum Gasteiger partial charge on any atom is -0.267 e. The summed E-state index contributed by atoms with van der Waals surface area (Å²) in [5.74, 6) is 0.683. The van der Waals surface area contributed by atoms with Gasteiger partial charge in [0.2, 0.25) is 0 Å². The molecule has 0 radical (unpaired) electrons. The highest BCUT2D eigenvalue weighted by atomic mass is 32.2. The smallest absolute Gasteiger partial charge is 0.265 e. The van der Waals surface area contributed by atoms with Crippen LogP contribution in [0.15, 0.2) is 34.2 Å². The Bertz CT molecular complexity index is 608. The number of benzene rings is 1. The molecule has 0 unspecified atom stereocenters. The monoisotopic (exact) mass is 308 g/mol. The van der Waals surface area contributed by atoms with Gasteiger partial charge in [-0.15, -0.1) is 0 Å². The maximum atomic E-state index is 12.9. The largest absolute Gasteiger partial charge is 0.267 e. The molecular weight excluding hydrogens is 284 g/mol. The maximum Gasteiger partial charge on any atom is 0.265 e. The van der Waals surface area contributed by atoms with Gasteiger partial charge in [-0.25, -0.2) is 8.42 Å². The van der Waals surface area contributed by atoms with Crippen LogP contribution in [-0.2, 0) is 16.6 Å². The van der Waals surface area contributed by atoms with E-state index in [1.807, 2.05) is 19.1 Å². The average Bonchev–Trinajstić information content (AvgIpc) is 2.59. The van der Waals surface area contributed by atoms with Crippen molar-refractivity contribution in [2.75, 3.05) is 6.54 Å². The van der Waals surface area contributed by atoms with Gasteiger partial charge in [-0.3, -0.25) is 9.30 Å². The molecule has 0 bridgehead atoms. The molecule has 0 aromatic heterocycles. The molecule has 0 fully saturated rings. The highest BCUT2D eigenvalue weighted by Gasteiger charge is 2.30. The Hall–Kier alpha value is -1.36. The fourth-order valence-corrected chi connectivity index (χ4v) is 4.40. The highest BCUT2D eigenvalue weighted by molar-refractivity contribution is 7.89. The van der Waals surface area contributed by atoms with Gasteiger partial charge >= 0.3 is 0 Å². The van der Waals surface area contributed by atoms with Crippen molar-refractivity contribution in [3.05, 3.63) is 29.8 Å². The Kier molecular flexibility index (Phi) is 5.39. The van der Waals surface area contributed by atoms with E-state index in [1.165, 1.54) is 4.31 Å². The second-order valence-corrected chi connectivity index (χ2v) is 7.16. The van der Waals surface area contributed by atoms with E-state index in [0.717, 1.165) is 31.2 Å². The van der Waals surface area contributed by atoms with Gasteiger partial charge in [-0.05, 0) is 18.1 Å². The molecule has 116 valence electrons. The molecule has 0 saturated carbocycles. The first-order chi connectivity index (χ1) is 10.1. The molecule has 0 saturated heterocycles. The lowest BCUT2D eigenvalue weighted by Crippen LogP contribution is -2.36. The van der Waals surface area contributed by atoms with Crippen LogP contribution in [-0.4, -0.2) is 25.1 Å².